The van der Waals surface area contributed by atoms with E-state index in [1.165, 1.54) is 0 Å². The van der Waals surface area contributed by atoms with Crippen molar-refractivity contribution >= 4 is 23.2 Å². The number of para-hydroxylation sites is 2. The summed E-state index contributed by atoms with van der Waals surface area (Å²) < 4.78 is 10.3. The molecule has 0 unspecified atom stereocenters. The summed E-state index contributed by atoms with van der Waals surface area (Å²) in [7, 11) is 2.66. The highest BCUT2D eigenvalue weighted by atomic mass is 16.7. The fourth-order valence-electron chi connectivity index (χ4n) is 4.23. The van der Waals surface area contributed by atoms with Gasteiger partial charge in [-0.1, -0.05) is 66.7 Å². The molecule has 1 aliphatic rings. The van der Waals surface area contributed by atoms with Crippen molar-refractivity contribution in [2.45, 2.75) is 12.1 Å². The Bertz CT molecular complexity index is 1230. The van der Waals surface area contributed by atoms with Crippen molar-refractivity contribution in [2.24, 2.45) is 5.92 Å². The summed E-state index contributed by atoms with van der Waals surface area (Å²) in [6.07, 6.45) is -0.787. The normalized spacial score (nSPS) is 19.2. The van der Waals surface area contributed by atoms with E-state index in [2.05, 4.69) is 4.79 Å². The molecule has 34 heavy (non-hydrogen) atoms. The van der Waals surface area contributed by atoms with Gasteiger partial charge < -0.3 is 15.0 Å². The van der Waals surface area contributed by atoms with Crippen LogP contribution in [0, 0.1) is 5.92 Å². The van der Waals surface area contributed by atoms with Crippen LogP contribution in [-0.4, -0.2) is 36.5 Å². The van der Waals surface area contributed by atoms with Crippen molar-refractivity contribution in [3.8, 4) is 5.75 Å². The molecule has 0 spiro atoms. The second-order valence-corrected chi connectivity index (χ2v) is 7.62. The van der Waals surface area contributed by atoms with Gasteiger partial charge in [-0.05, 0) is 23.8 Å². The van der Waals surface area contributed by atoms with Crippen molar-refractivity contribution < 1.29 is 28.7 Å². The van der Waals surface area contributed by atoms with Gasteiger partial charge in [0.05, 0.1) is 31.9 Å². The molecule has 0 radical (unpaired) electrons. The van der Waals surface area contributed by atoms with Crippen molar-refractivity contribution in [3.63, 3.8) is 0 Å². The van der Waals surface area contributed by atoms with Crippen LogP contribution in [0.15, 0.2) is 84.9 Å². The number of benzene rings is 3. The quantitative estimate of drug-likeness (QED) is 0.175. The fraction of sp³-hybridized carbons (Fsp3) is 0.192. The Labute approximate surface area is 196 Å². The molecule has 0 amide bonds. The second-order valence-electron chi connectivity index (χ2n) is 7.62. The maximum atomic E-state index is 13.8. The first-order chi connectivity index (χ1) is 16.6. The number of anilines is 1. The van der Waals surface area contributed by atoms with Gasteiger partial charge in [0.1, 0.15) is 11.9 Å². The highest BCUT2D eigenvalue weighted by Crippen LogP contribution is 2.51. The summed E-state index contributed by atoms with van der Waals surface area (Å²) in [4.78, 5) is 35.5. The summed E-state index contributed by atoms with van der Waals surface area (Å²) in [6, 6.07) is 25.1. The molecule has 3 atom stereocenters. The van der Waals surface area contributed by atoms with Gasteiger partial charge in [0, 0.05) is 5.56 Å². The summed E-state index contributed by atoms with van der Waals surface area (Å²) >= 11 is 0. The third kappa shape index (κ3) is 4.20. The summed E-state index contributed by atoms with van der Waals surface area (Å²) in [5.41, 5.74) is 10.9. The zero-order valence-electron chi connectivity index (χ0n) is 18.7. The van der Waals surface area contributed by atoms with Gasteiger partial charge in [-0.2, -0.15) is 4.79 Å². The molecule has 1 heterocycles. The number of hydrogen-bond acceptors (Lipinski definition) is 6. The van der Waals surface area contributed by atoms with E-state index in [1.807, 2.05) is 78.9 Å². The molecule has 0 N–H and O–H groups in total. The summed E-state index contributed by atoms with van der Waals surface area (Å²) in [5.74, 6) is -2.17. The number of hydrogen-bond donors (Lipinski definition) is 0. The van der Waals surface area contributed by atoms with E-state index in [1.54, 1.807) is 18.2 Å². The molecule has 172 valence electrons. The lowest BCUT2D eigenvalue weighted by Crippen LogP contribution is -2.37. The average molecular weight is 457 g/mol. The maximum Gasteiger partial charge on any atom is 0.441 e. The van der Waals surface area contributed by atoms with Gasteiger partial charge in [-0.25, -0.2) is 9.86 Å². The predicted molar refractivity (Wildman–Crippen MR) is 124 cm³/mol. The van der Waals surface area contributed by atoms with Gasteiger partial charge in [0.2, 0.25) is 0 Å². The molecular weight excluding hydrogens is 434 g/mol. The molecule has 1 saturated heterocycles. The Hall–Kier alpha value is -4.26. The molecule has 3 aromatic rings. The van der Waals surface area contributed by atoms with Crippen LogP contribution < -0.4 is 9.80 Å². The number of Topliss-reactive ketones (excluding diaryl/α,β-unsaturated/α-hetero) is 1. The van der Waals surface area contributed by atoms with E-state index < -0.39 is 35.5 Å². The maximum absolute atomic E-state index is 13.8. The minimum Gasteiger partial charge on any atom is -0.496 e. The Balaban J connectivity index is 1.94. The molecule has 0 saturated carbocycles. The average Bonchev–Trinajstić information content (AvgIpc) is 3.30. The minimum absolute atomic E-state index is 0.545. The van der Waals surface area contributed by atoms with E-state index in [0.29, 0.717) is 17.0 Å². The van der Waals surface area contributed by atoms with Crippen LogP contribution in [0.3, 0.4) is 0 Å². The number of esters is 1. The Morgan fingerprint density at radius 1 is 0.912 bits per heavy atom. The highest BCUT2D eigenvalue weighted by molar-refractivity contribution is 6.62. The zero-order valence-corrected chi connectivity index (χ0v) is 18.7. The number of ether oxygens (including phenoxy) is 2. The van der Waals surface area contributed by atoms with Crippen molar-refractivity contribution in [3.05, 3.63) is 102 Å². The largest absolute Gasteiger partial charge is 0.496 e. The molecule has 0 aromatic heterocycles. The van der Waals surface area contributed by atoms with Gasteiger partial charge in [0.25, 0.3) is 5.78 Å². The van der Waals surface area contributed by atoms with Crippen LogP contribution in [0.1, 0.15) is 23.3 Å². The molecule has 0 bridgehead atoms. The van der Waals surface area contributed by atoms with Crippen molar-refractivity contribution in [1.82, 2.24) is 0 Å². The molecule has 8 nitrogen and oxygen atoms in total. The van der Waals surface area contributed by atoms with E-state index in [4.69, 9.17) is 14.3 Å². The van der Waals surface area contributed by atoms with Crippen LogP contribution in [0.4, 0.5) is 5.69 Å². The molecule has 4 rings (SSSR count). The fourth-order valence-corrected chi connectivity index (χ4v) is 4.23. The second kappa shape index (κ2) is 10.1. The van der Waals surface area contributed by atoms with Gasteiger partial charge in [0.15, 0.2) is 0 Å². The lowest BCUT2D eigenvalue weighted by Gasteiger charge is -2.27. The first-order valence-corrected chi connectivity index (χ1v) is 10.6. The highest BCUT2D eigenvalue weighted by Gasteiger charge is 2.54. The van der Waals surface area contributed by atoms with Crippen molar-refractivity contribution in [2.75, 3.05) is 19.3 Å². The van der Waals surface area contributed by atoms with Crippen LogP contribution in [-0.2, 0) is 19.2 Å². The number of ketones is 1. The van der Waals surface area contributed by atoms with E-state index in [9.17, 15) is 15.1 Å². The minimum atomic E-state index is -1.03. The Morgan fingerprint density at radius 3 is 2.15 bits per heavy atom. The molecule has 1 aliphatic heterocycles. The molecule has 8 heteroatoms. The number of rotatable bonds is 7. The van der Waals surface area contributed by atoms with Crippen LogP contribution in [0.2, 0.25) is 0 Å². The number of hydroxylamine groups is 1. The SMILES string of the molecule is COC(=O)C(=[N+]=[N-])C(=O)[C@@H]1[C@@H](c2ccccc2)ON(c2ccccc2)[C@H]1c1ccccc1OC. The van der Waals surface area contributed by atoms with Crippen LogP contribution in [0.5, 0.6) is 5.75 Å². The smallest absolute Gasteiger partial charge is 0.441 e. The molecule has 0 aliphatic carbocycles. The number of carbonyl (C=O) groups excluding carboxylic acids is 2. The zero-order chi connectivity index (χ0) is 24.1. The van der Waals surface area contributed by atoms with Crippen LogP contribution in [0.25, 0.3) is 5.53 Å². The molecule has 3 aromatic carbocycles. The van der Waals surface area contributed by atoms with E-state index >= 15 is 0 Å². The van der Waals surface area contributed by atoms with E-state index in [-0.39, 0.29) is 0 Å². The first kappa shape index (κ1) is 22.9. The number of methoxy groups -OCH3 is 2. The summed E-state index contributed by atoms with van der Waals surface area (Å²) in [5, 5.41) is 1.64. The standard InChI is InChI=1S/C26H23N3O5/c1-32-20-16-10-9-15-19(20)23-21(24(30)22(28-27)26(31)33-2)25(17-11-5-3-6-12-17)34-29(23)18-13-7-4-8-14-18/h3-16,21,23,25H,1-2H3/t21-,23+,25-/m1/s1. The third-order valence-electron chi connectivity index (χ3n) is 5.76. The topological polar surface area (TPSA) is 101 Å². The molecular formula is C26H23N3O5. The molecule has 1 fully saturated rings. The van der Waals surface area contributed by atoms with Gasteiger partial charge in [-0.15, -0.1) is 0 Å². The third-order valence-corrected chi connectivity index (χ3v) is 5.76. The van der Waals surface area contributed by atoms with Gasteiger partial charge >= 0.3 is 11.7 Å². The lowest BCUT2D eigenvalue weighted by atomic mass is 9.81. The first-order valence-electron chi connectivity index (χ1n) is 10.6. The Morgan fingerprint density at radius 2 is 1.53 bits per heavy atom. The summed E-state index contributed by atoms with van der Waals surface area (Å²) in [6.45, 7) is 0. The number of nitrogens with zero attached hydrogens (tertiary/aromatic N) is 3. The lowest BCUT2D eigenvalue weighted by molar-refractivity contribution is -0.140. The van der Waals surface area contributed by atoms with Crippen molar-refractivity contribution in [1.29, 1.82) is 0 Å². The van der Waals surface area contributed by atoms with E-state index in [0.717, 1.165) is 12.7 Å². The van der Waals surface area contributed by atoms with Crippen LogP contribution >= 0.6 is 0 Å². The predicted octanol–water partition coefficient (Wildman–Crippen LogP) is 3.96. The monoisotopic (exact) mass is 457 g/mol. The van der Waals surface area contributed by atoms with Gasteiger partial charge in [-0.3, -0.25) is 9.63 Å². The number of carbonyl (C=O) groups is 2. The Kier molecular flexibility index (Phi) is 6.82.